The van der Waals surface area contributed by atoms with Gasteiger partial charge in [-0.1, -0.05) is 24.3 Å². The van der Waals surface area contributed by atoms with Crippen LogP contribution in [0.4, 0.5) is 11.4 Å². The highest BCUT2D eigenvalue weighted by atomic mass is 16.5. The highest BCUT2D eigenvalue weighted by molar-refractivity contribution is 6.12. The first kappa shape index (κ1) is 21.6. The molecule has 0 aliphatic rings. The summed E-state index contributed by atoms with van der Waals surface area (Å²) in [6.07, 6.45) is 1.64. The van der Waals surface area contributed by atoms with E-state index in [1.807, 2.05) is 0 Å². The van der Waals surface area contributed by atoms with Crippen molar-refractivity contribution < 1.29 is 18.7 Å². The fourth-order valence-electron chi connectivity index (χ4n) is 3.22. The SMILES string of the molecule is COc1cccc(NC(=O)c2ccccc2NC(=O)c2ccc(Cn3ccccc3=O)o2)c1. The number of hydrogen-bond acceptors (Lipinski definition) is 5. The van der Waals surface area contributed by atoms with Crippen molar-refractivity contribution in [1.82, 2.24) is 4.57 Å². The normalized spacial score (nSPS) is 10.5. The Bertz CT molecular complexity index is 1360. The Morgan fingerprint density at radius 2 is 1.73 bits per heavy atom. The van der Waals surface area contributed by atoms with E-state index in [4.69, 9.17) is 9.15 Å². The molecule has 2 aromatic heterocycles. The zero-order valence-electron chi connectivity index (χ0n) is 17.8. The molecule has 8 nitrogen and oxygen atoms in total. The zero-order valence-corrected chi connectivity index (χ0v) is 17.8. The van der Waals surface area contributed by atoms with Crippen molar-refractivity contribution in [3.8, 4) is 5.75 Å². The summed E-state index contributed by atoms with van der Waals surface area (Å²) < 4.78 is 12.3. The molecule has 0 saturated heterocycles. The number of pyridine rings is 1. The van der Waals surface area contributed by atoms with Gasteiger partial charge in [-0.3, -0.25) is 14.4 Å². The van der Waals surface area contributed by atoms with Gasteiger partial charge in [0.2, 0.25) is 0 Å². The highest BCUT2D eigenvalue weighted by Gasteiger charge is 2.17. The molecule has 0 bridgehead atoms. The maximum absolute atomic E-state index is 12.8. The fourth-order valence-corrected chi connectivity index (χ4v) is 3.22. The third kappa shape index (κ3) is 5.19. The third-order valence-electron chi connectivity index (χ3n) is 4.86. The van der Waals surface area contributed by atoms with E-state index in [1.54, 1.807) is 80.0 Å². The number of hydrogen-bond donors (Lipinski definition) is 2. The van der Waals surface area contributed by atoms with Gasteiger partial charge in [-0.25, -0.2) is 0 Å². The lowest BCUT2D eigenvalue weighted by atomic mass is 10.1. The lowest BCUT2D eigenvalue weighted by Gasteiger charge is -2.11. The average molecular weight is 443 g/mol. The minimum atomic E-state index is -0.511. The first-order valence-corrected chi connectivity index (χ1v) is 10.1. The van der Waals surface area contributed by atoms with Gasteiger partial charge in [0.05, 0.1) is 24.9 Å². The Morgan fingerprint density at radius 3 is 2.55 bits per heavy atom. The van der Waals surface area contributed by atoms with Crippen molar-refractivity contribution >= 4 is 23.2 Å². The van der Waals surface area contributed by atoms with Gasteiger partial charge in [-0.05, 0) is 42.5 Å². The number of nitrogens with one attached hydrogen (secondary N) is 2. The number of amides is 2. The van der Waals surface area contributed by atoms with Crippen LogP contribution in [0, 0.1) is 0 Å². The molecule has 0 saturated carbocycles. The summed E-state index contributed by atoms with van der Waals surface area (Å²) in [4.78, 5) is 37.4. The van der Waals surface area contributed by atoms with Crippen LogP contribution in [0.2, 0.25) is 0 Å². The van der Waals surface area contributed by atoms with Gasteiger partial charge in [-0.15, -0.1) is 0 Å². The number of nitrogens with zero attached hydrogens (tertiary/aromatic N) is 1. The lowest BCUT2D eigenvalue weighted by molar-refractivity contribution is 0.0994. The van der Waals surface area contributed by atoms with E-state index in [0.717, 1.165) is 0 Å². The molecule has 0 aliphatic carbocycles. The standard InChI is InChI=1S/C25H21N3O5/c1-32-18-8-6-7-17(15-18)26-24(30)20-9-2-3-10-21(20)27-25(31)22-13-12-19(33-22)16-28-14-5-4-11-23(28)29/h2-15H,16H2,1H3,(H,26,30)(H,27,31). The number of furan rings is 1. The molecule has 2 aromatic carbocycles. The number of methoxy groups -OCH3 is 1. The van der Waals surface area contributed by atoms with Gasteiger partial charge < -0.3 is 24.4 Å². The van der Waals surface area contributed by atoms with E-state index in [2.05, 4.69) is 10.6 Å². The number of rotatable bonds is 7. The van der Waals surface area contributed by atoms with Crippen molar-refractivity contribution in [3.63, 3.8) is 0 Å². The Kier molecular flexibility index (Phi) is 6.36. The van der Waals surface area contributed by atoms with Gasteiger partial charge in [-0.2, -0.15) is 0 Å². The van der Waals surface area contributed by atoms with Crippen LogP contribution in [0.1, 0.15) is 26.7 Å². The second-order valence-electron chi connectivity index (χ2n) is 7.12. The molecule has 8 heteroatoms. The van der Waals surface area contributed by atoms with Gasteiger partial charge >= 0.3 is 0 Å². The van der Waals surface area contributed by atoms with Crippen molar-refractivity contribution in [2.45, 2.75) is 6.54 Å². The first-order chi connectivity index (χ1) is 16.0. The third-order valence-corrected chi connectivity index (χ3v) is 4.86. The molecule has 0 unspecified atom stereocenters. The van der Waals surface area contributed by atoms with Crippen LogP contribution in [-0.2, 0) is 6.54 Å². The van der Waals surface area contributed by atoms with Crippen molar-refractivity contribution in [1.29, 1.82) is 0 Å². The number of ether oxygens (including phenoxy) is 1. The molecule has 33 heavy (non-hydrogen) atoms. The number of carbonyl (C=O) groups is 2. The van der Waals surface area contributed by atoms with Crippen LogP contribution in [-0.4, -0.2) is 23.5 Å². The van der Waals surface area contributed by atoms with Crippen molar-refractivity contribution in [2.24, 2.45) is 0 Å². The minimum absolute atomic E-state index is 0.0667. The smallest absolute Gasteiger partial charge is 0.291 e. The Morgan fingerprint density at radius 1 is 0.909 bits per heavy atom. The predicted octanol–water partition coefficient (Wildman–Crippen LogP) is 4.00. The number of para-hydroxylation sites is 1. The van der Waals surface area contributed by atoms with Crippen LogP contribution in [0.15, 0.2) is 94.3 Å². The molecule has 4 aromatic rings. The molecular weight excluding hydrogens is 422 g/mol. The quantitative estimate of drug-likeness (QED) is 0.449. The number of benzene rings is 2. The first-order valence-electron chi connectivity index (χ1n) is 10.1. The van der Waals surface area contributed by atoms with E-state index < -0.39 is 5.91 Å². The monoisotopic (exact) mass is 443 g/mol. The van der Waals surface area contributed by atoms with Crippen LogP contribution >= 0.6 is 0 Å². The Hall–Kier alpha value is -4.59. The largest absolute Gasteiger partial charge is 0.497 e. The molecule has 0 aliphatic heterocycles. The van der Waals surface area contributed by atoms with Crippen LogP contribution < -0.4 is 20.9 Å². The average Bonchev–Trinajstić information content (AvgIpc) is 3.30. The summed E-state index contributed by atoms with van der Waals surface area (Å²) in [6.45, 7) is 0.201. The molecule has 4 rings (SSSR count). The lowest BCUT2D eigenvalue weighted by Crippen LogP contribution is -2.18. The second kappa shape index (κ2) is 9.69. The second-order valence-corrected chi connectivity index (χ2v) is 7.12. The van der Waals surface area contributed by atoms with Gasteiger partial charge in [0.25, 0.3) is 17.4 Å². The molecular formula is C25H21N3O5. The summed E-state index contributed by atoms with van der Waals surface area (Å²) in [5.74, 6) is 0.237. The number of carbonyl (C=O) groups excluding carboxylic acids is 2. The van der Waals surface area contributed by atoms with Crippen LogP contribution in [0.5, 0.6) is 5.75 Å². The van der Waals surface area contributed by atoms with Gasteiger partial charge in [0.1, 0.15) is 11.5 Å². The molecule has 0 radical (unpaired) electrons. The topological polar surface area (TPSA) is 103 Å². The zero-order chi connectivity index (χ0) is 23.2. The molecule has 2 amide bonds. The summed E-state index contributed by atoms with van der Waals surface area (Å²) in [7, 11) is 1.55. The van der Waals surface area contributed by atoms with E-state index in [0.29, 0.717) is 22.9 Å². The van der Waals surface area contributed by atoms with Crippen molar-refractivity contribution in [2.75, 3.05) is 17.7 Å². The van der Waals surface area contributed by atoms with E-state index >= 15 is 0 Å². The molecule has 0 spiro atoms. The van der Waals surface area contributed by atoms with Gasteiger partial charge in [0.15, 0.2) is 5.76 Å². The van der Waals surface area contributed by atoms with Crippen LogP contribution in [0.25, 0.3) is 0 Å². The Balaban J connectivity index is 1.48. The van der Waals surface area contributed by atoms with E-state index in [9.17, 15) is 14.4 Å². The van der Waals surface area contributed by atoms with Crippen LogP contribution in [0.3, 0.4) is 0 Å². The summed E-state index contributed by atoms with van der Waals surface area (Å²) in [5.41, 5.74) is 1.01. The maximum Gasteiger partial charge on any atom is 0.291 e. The summed E-state index contributed by atoms with van der Waals surface area (Å²) >= 11 is 0. The number of aromatic nitrogens is 1. The maximum atomic E-state index is 12.8. The highest BCUT2D eigenvalue weighted by Crippen LogP contribution is 2.21. The van der Waals surface area contributed by atoms with E-state index in [-0.39, 0.29) is 29.3 Å². The molecule has 0 atom stereocenters. The molecule has 2 N–H and O–H groups in total. The predicted molar refractivity (Wildman–Crippen MR) is 124 cm³/mol. The Labute approximate surface area is 189 Å². The van der Waals surface area contributed by atoms with Crippen molar-refractivity contribution in [3.05, 3.63) is 112 Å². The molecule has 166 valence electrons. The van der Waals surface area contributed by atoms with E-state index in [1.165, 1.54) is 16.7 Å². The molecule has 2 heterocycles. The number of anilines is 2. The molecule has 0 fully saturated rings. The van der Waals surface area contributed by atoms with Gasteiger partial charge in [0, 0.05) is 24.0 Å². The summed E-state index contributed by atoms with van der Waals surface area (Å²) in [5, 5.41) is 5.51. The minimum Gasteiger partial charge on any atom is -0.497 e. The summed E-state index contributed by atoms with van der Waals surface area (Å²) in [6, 6.07) is 21.6. The fraction of sp³-hybridized carbons (Fsp3) is 0.0800.